The molecule has 28 heavy (non-hydrogen) atoms. The lowest BCUT2D eigenvalue weighted by atomic mass is 10.1. The van der Waals surface area contributed by atoms with Gasteiger partial charge in [-0.3, -0.25) is 19.8 Å². The first-order valence-corrected chi connectivity index (χ1v) is 8.61. The van der Waals surface area contributed by atoms with E-state index in [2.05, 4.69) is 5.32 Å². The Bertz CT molecular complexity index is 901. The Hall–Kier alpha value is -3.33. The van der Waals surface area contributed by atoms with Crippen molar-refractivity contribution in [3.8, 4) is 17.2 Å². The standard InChI is InChI=1S/C19H21N3O6/c1-12(21(2)10-13-4-6-17-18(8-13)28-11-27-17)19(23)20-15-9-14(22(24)25)5-7-16(15)26-3/h4-9,12H,10-11H2,1-3H3,(H,20,23)/t12-/m0/s1. The van der Waals surface area contributed by atoms with Crippen LogP contribution in [0.2, 0.25) is 0 Å². The molecule has 9 heteroatoms. The average Bonchev–Trinajstić information content (AvgIpc) is 3.14. The summed E-state index contributed by atoms with van der Waals surface area (Å²) < 4.78 is 15.9. The Kier molecular flexibility index (Phi) is 5.65. The zero-order valence-corrected chi connectivity index (χ0v) is 15.8. The summed E-state index contributed by atoms with van der Waals surface area (Å²) >= 11 is 0. The molecular formula is C19H21N3O6. The molecule has 1 N–H and O–H groups in total. The number of nitro groups is 1. The van der Waals surface area contributed by atoms with Gasteiger partial charge in [-0.1, -0.05) is 6.07 Å². The minimum atomic E-state index is -0.524. The van der Waals surface area contributed by atoms with Gasteiger partial charge in [0.2, 0.25) is 12.7 Å². The highest BCUT2D eigenvalue weighted by molar-refractivity contribution is 5.96. The van der Waals surface area contributed by atoms with Gasteiger partial charge in [0.1, 0.15) is 5.75 Å². The van der Waals surface area contributed by atoms with Gasteiger partial charge in [-0.25, -0.2) is 0 Å². The number of rotatable bonds is 7. The second-order valence-corrected chi connectivity index (χ2v) is 6.41. The minimum absolute atomic E-state index is 0.127. The van der Waals surface area contributed by atoms with Gasteiger partial charge in [0.25, 0.3) is 5.69 Å². The van der Waals surface area contributed by atoms with Crippen LogP contribution in [0.25, 0.3) is 0 Å². The van der Waals surface area contributed by atoms with Gasteiger partial charge in [-0.15, -0.1) is 0 Å². The van der Waals surface area contributed by atoms with Crippen molar-refractivity contribution in [2.24, 2.45) is 0 Å². The molecule has 148 valence electrons. The van der Waals surface area contributed by atoms with Crippen LogP contribution in [0, 0.1) is 10.1 Å². The van der Waals surface area contributed by atoms with Crippen molar-refractivity contribution in [2.75, 3.05) is 26.3 Å². The molecule has 0 saturated carbocycles. The van der Waals surface area contributed by atoms with E-state index in [1.807, 2.05) is 30.1 Å². The summed E-state index contributed by atoms with van der Waals surface area (Å²) in [7, 11) is 3.26. The molecule has 9 nitrogen and oxygen atoms in total. The third-order valence-corrected chi connectivity index (χ3v) is 4.56. The Labute approximate surface area is 162 Å². The predicted molar refractivity (Wildman–Crippen MR) is 102 cm³/mol. The number of likely N-dealkylation sites (N-methyl/N-ethyl adjacent to an activating group) is 1. The molecule has 3 rings (SSSR count). The van der Waals surface area contributed by atoms with Crippen molar-refractivity contribution in [1.29, 1.82) is 0 Å². The SMILES string of the molecule is COc1ccc([N+](=O)[O-])cc1NC(=O)[C@H](C)N(C)Cc1ccc2c(c1)OCO2. The maximum atomic E-state index is 12.7. The summed E-state index contributed by atoms with van der Waals surface area (Å²) in [5.74, 6) is 1.44. The van der Waals surface area contributed by atoms with Crippen molar-refractivity contribution in [1.82, 2.24) is 4.90 Å². The highest BCUT2D eigenvalue weighted by Gasteiger charge is 2.22. The molecule has 0 unspecified atom stereocenters. The lowest BCUT2D eigenvalue weighted by Crippen LogP contribution is -2.39. The molecule has 0 aliphatic carbocycles. The van der Waals surface area contributed by atoms with Crippen molar-refractivity contribution < 1.29 is 23.9 Å². The van der Waals surface area contributed by atoms with Crippen LogP contribution >= 0.6 is 0 Å². The van der Waals surface area contributed by atoms with Crippen molar-refractivity contribution in [3.63, 3.8) is 0 Å². The molecule has 2 aromatic rings. The number of fused-ring (bicyclic) bond motifs is 1. The summed E-state index contributed by atoms with van der Waals surface area (Å²) in [5.41, 5.74) is 1.10. The van der Waals surface area contributed by atoms with E-state index in [-0.39, 0.29) is 24.1 Å². The molecule has 1 amide bonds. The smallest absolute Gasteiger partial charge is 0.271 e. The van der Waals surface area contributed by atoms with Crippen LogP contribution in [0.1, 0.15) is 12.5 Å². The lowest BCUT2D eigenvalue weighted by molar-refractivity contribution is -0.384. The fraction of sp³-hybridized carbons (Fsp3) is 0.316. The van der Waals surface area contributed by atoms with E-state index in [1.54, 1.807) is 6.92 Å². The number of carbonyl (C=O) groups excluding carboxylic acids is 1. The zero-order valence-electron chi connectivity index (χ0n) is 15.8. The fourth-order valence-corrected chi connectivity index (χ4v) is 2.81. The van der Waals surface area contributed by atoms with Crippen molar-refractivity contribution >= 4 is 17.3 Å². The van der Waals surface area contributed by atoms with E-state index in [9.17, 15) is 14.9 Å². The molecule has 1 aliphatic heterocycles. The van der Waals surface area contributed by atoms with Crippen LogP contribution in [0.15, 0.2) is 36.4 Å². The van der Waals surface area contributed by atoms with Crippen LogP contribution in [0.3, 0.4) is 0 Å². The van der Waals surface area contributed by atoms with Crippen LogP contribution in [0.4, 0.5) is 11.4 Å². The van der Waals surface area contributed by atoms with Gasteiger partial charge in [-0.2, -0.15) is 0 Å². The Balaban J connectivity index is 1.68. The minimum Gasteiger partial charge on any atom is -0.495 e. The van der Waals surface area contributed by atoms with Gasteiger partial charge in [0, 0.05) is 18.7 Å². The summed E-state index contributed by atoms with van der Waals surface area (Å²) in [4.78, 5) is 25.0. The summed E-state index contributed by atoms with van der Waals surface area (Å²) in [6, 6.07) is 9.20. The summed E-state index contributed by atoms with van der Waals surface area (Å²) in [6.45, 7) is 2.47. The first-order valence-electron chi connectivity index (χ1n) is 8.61. The van der Waals surface area contributed by atoms with Crippen LogP contribution in [-0.2, 0) is 11.3 Å². The number of amides is 1. The van der Waals surface area contributed by atoms with Crippen LogP contribution in [-0.4, -0.2) is 42.7 Å². The van der Waals surface area contributed by atoms with Gasteiger partial charge in [0.15, 0.2) is 11.5 Å². The molecule has 0 saturated heterocycles. The number of ether oxygens (including phenoxy) is 3. The maximum absolute atomic E-state index is 12.7. The second-order valence-electron chi connectivity index (χ2n) is 6.41. The second kappa shape index (κ2) is 8.13. The number of carbonyl (C=O) groups is 1. The van der Waals surface area contributed by atoms with E-state index < -0.39 is 11.0 Å². The normalized spacial score (nSPS) is 13.3. The molecular weight excluding hydrogens is 366 g/mol. The lowest BCUT2D eigenvalue weighted by Gasteiger charge is -2.24. The molecule has 1 aliphatic rings. The monoisotopic (exact) mass is 387 g/mol. The average molecular weight is 387 g/mol. The zero-order chi connectivity index (χ0) is 20.3. The van der Waals surface area contributed by atoms with Crippen LogP contribution < -0.4 is 19.5 Å². The number of nitrogens with zero attached hydrogens (tertiary/aromatic N) is 2. The molecule has 1 atom stereocenters. The number of anilines is 1. The number of nitrogens with one attached hydrogen (secondary N) is 1. The molecule has 0 aromatic heterocycles. The van der Waals surface area contributed by atoms with E-state index >= 15 is 0 Å². The third-order valence-electron chi connectivity index (χ3n) is 4.56. The Morgan fingerprint density at radius 2 is 2.04 bits per heavy atom. The quantitative estimate of drug-likeness (QED) is 0.575. The van der Waals surface area contributed by atoms with Crippen molar-refractivity contribution in [3.05, 3.63) is 52.1 Å². The molecule has 2 aromatic carbocycles. The van der Waals surface area contributed by atoms with Crippen molar-refractivity contribution in [2.45, 2.75) is 19.5 Å². The van der Waals surface area contributed by atoms with Crippen LogP contribution in [0.5, 0.6) is 17.2 Å². The summed E-state index contributed by atoms with van der Waals surface area (Å²) in [6.07, 6.45) is 0. The summed E-state index contributed by atoms with van der Waals surface area (Å²) in [5, 5.41) is 13.7. The number of nitro benzene ring substituents is 1. The number of benzene rings is 2. The molecule has 1 heterocycles. The first kappa shape index (κ1) is 19.4. The van der Waals surface area contributed by atoms with Gasteiger partial charge < -0.3 is 19.5 Å². The predicted octanol–water partition coefficient (Wildman–Crippen LogP) is 2.79. The highest BCUT2D eigenvalue weighted by Crippen LogP contribution is 2.33. The largest absolute Gasteiger partial charge is 0.495 e. The fourth-order valence-electron chi connectivity index (χ4n) is 2.81. The van der Waals surface area contributed by atoms with E-state index in [4.69, 9.17) is 14.2 Å². The van der Waals surface area contributed by atoms with E-state index in [1.165, 1.54) is 25.3 Å². The first-order chi connectivity index (χ1) is 13.4. The van der Waals surface area contributed by atoms with E-state index in [0.717, 1.165) is 5.56 Å². The molecule has 0 fully saturated rings. The number of methoxy groups -OCH3 is 1. The van der Waals surface area contributed by atoms with Gasteiger partial charge in [-0.05, 0) is 37.7 Å². The Morgan fingerprint density at radius 1 is 1.29 bits per heavy atom. The maximum Gasteiger partial charge on any atom is 0.271 e. The number of hydrogen-bond donors (Lipinski definition) is 1. The number of hydrogen-bond acceptors (Lipinski definition) is 7. The Morgan fingerprint density at radius 3 is 2.75 bits per heavy atom. The molecule has 0 radical (unpaired) electrons. The molecule has 0 bridgehead atoms. The van der Waals surface area contributed by atoms with Gasteiger partial charge >= 0.3 is 0 Å². The van der Waals surface area contributed by atoms with Gasteiger partial charge in [0.05, 0.1) is 23.8 Å². The van der Waals surface area contributed by atoms with E-state index in [0.29, 0.717) is 23.8 Å². The number of non-ortho nitro benzene ring substituents is 1. The third kappa shape index (κ3) is 4.15. The highest BCUT2D eigenvalue weighted by atomic mass is 16.7. The molecule has 0 spiro atoms. The topological polar surface area (TPSA) is 103 Å².